The Labute approximate surface area is 110 Å². The van der Waals surface area contributed by atoms with Crippen LogP contribution in [-0.2, 0) is 4.74 Å². The maximum atomic E-state index is 12.2. The van der Waals surface area contributed by atoms with Crippen molar-refractivity contribution in [3.05, 3.63) is 0 Å². The summed E-state index contributed by atoms with van der Waals surface area (Å²) in [7, 11) is 0. The van der Waals surface area contributed by atoms with E-state index >= 15 is 0 Å². The fraction of sp³-hybridized carbons (Fsp3) is 0.929. The molecule has 1 fully saturated rings. The predicted molar refractivity (Wildman–Crippen MR) is 71.5 cm³/mol. The maximum Gasteiger partial charge on any atom is 0.410 e. The summed E-state index contributed by atoms with van der Waals surface area (Å²) in [6.45, 7) is 9.51. The number of ether oxygens (including phenoxy) is 1. The number of hydrogen-bond acceptors (Lipinski definition) is 3. The molecule has 0 aromatic carbocycles. The van der Waals surface area contributed by atoms with E-state index < -0.39 is 11.7 Å². The first-order valence-electron chi connectivity index (χ1n) is 6.92. The van der Waals surface area contributed by atoms with E-state index in [1.807, 2.05) is 34.6 Å². The van der Waals surface area contributed by atoms with Gasteiger partial charge in [-0.1, -0.05) is 12.8 Å². The van der Waals surface area contributed by atoms with Gasteiger partial charge in [-0.25, -0.2) is 4.79 Å². The SMILES string of the molecule is CC(C)N(C(=O)OC(C)(C)C)[C@@H]1CCCC[C@H]1O. The zero-order chi connectivity index (χ0) is 13.9. The highest BCUT2D eigenvalue weighted by Gasteiger charge is 2.35. The lowest BCUT2D eigenvalue weighted by molar-refractivity contribution is -0.0264. The van der Waals surface area contributed by atoms with Crippen molar-refractivity contribution < 1.29 is 14.6 Å². The molecule has 0 aromatic rings. The number of amides is 1. The lowest BCUT2D eigenvalue weighted by Crippen LogP contribution is -2.53. The molecule has 0 heterocycles. The lowest BCUT2D eigenvalue weighted by atomic mass is 9.91. The zero-order valence-electron chi connectivity index (χ0n) is 12.3. The molecule has 0 radical (unpaired) electrons. The molecular weight excluding hydrogens is 230 g/mol. The van der Waals surface area contributed by atoms with Crippen molar-refractivity contribution in [3.8, 4) is 0 Å². The van der Waals surface area contributed by atoms with Crippen molar-refractivity contribution in [2.45, 2.75) is 84.1 Å². The monoisotopic (exact) mass is 257 g/mol. The summed E-state index contributed by atoms with van der Waals surface area (Å²) in [5.41, 5.74) is -0.496. The van der Waals surface area contributed by atoms with Crippen LogP contribution in [0.2, 0.25) is 0 Å². The topological polar surface area (TPSA) is 49.8 Å². The number of rotatable bonds is 2. The number of aliphatic hydroxyl groups excluding tert-OH is 1. The predicted octanol–water partition coefficient (Wildman–Crippen LogP) is 2.94. The molecule has 1 aliphatic carbocycles. The third-order valence-corrected chi connectivity index (χ3v) is 3.21. The first-order chi connectivity index (χ1) is 8.22. The smallest absolute Gasteiger partial charge is 0.410 e. The highest BCUT2D eigenvalue weighted by Crippen LogP contribution is 2.26. The van der Waals surface area contributed by atoms with Gasteiger partial charge in [0.1, 0.15) is 5.60 Å². The normalized spacial score (nSPS) is 25.1. The Bertz CT molecular complexity index is 283. The van der Waals surface area contributed by atoms with Gasteiger partial charge in [0, 0.05) is 6.04 Å². The van der Waals surface area contributed by atoms with Gasteiger partial charge in [-0.15, -0.1) is 0 Å². The third-order valence-electron chi connectivity index (χ3n) is 3.21. The number of carbonyl (C=O) groups is 1. The highest BCUT2D eigenvalue weighted by molar-refractivity contribution is 5.69. The van der Waals surface area contributed by atoms with Crippen LogP contribution in [0.3, 0.4) is 0 Å². The number of aliphatic hydroxyl groups is 1. The molecule has 1 rings (SSSR count). The van der Waals surface area contributed by atoms with Crippen molar-refractivity contribution in [1.82, 2.24) is 4.90 Å². The molecule has 0 aliphatic heterocycles. The lowest BCUT2D eigenvalue weighted by Gasteiger charge is -2.40. The fourth-order valence-electron chi connectivity index (χ4n) is 2.46. The molecule has 106 valence electrons. The summed E-state index contributed by atoms with van der Waals surface area (Å²) < 4.78 is 5.44. The van der Waals surface area contributed by atoms with Crippen molar-refractivity contribution in [1.29, 1.82) is 0 Å². The number of hydrogen-bond donors (Lipinski definition) is 1. The maximum absolute atomic E-state index is 12.2. The second-order valence-electron chi connectivity index (χ2n) is 6.40. The second kappa shape index (κ2) is 5.91. The van der Waals surface area contributed by atoms with Crippen molar-refractivity contribution in [2.75, 3.05) is 0 Å². The van der Waals surface area contributed by atoms with E-state index in [9.17, 15) is 9.90 Å². The minimum Gasteiger partial charge on any atom is -0.444 e. The van der Waals surface area contributed by atoms with Gasteiger partial charge < -0.3 is 14.7 Å². The molecule has 0 unspecified atom stereocenters. The van der Waals surface area contributed by atoms with Crippen LogP contribution in [-0.4, -0.2) is 39.9 Å². The van der Waals surface area contributed by atoms with E-state index in [1.165, 1.54) is 0 Å². The highest BCUT2D eigenvalue weighted by atomic mass is 16.6. The zero-order valence-corrected chi connectivity index (χ0v) is 12.3. The summed E-state index contributed by atoms with van der Waals surface area (Å²) in [4.78, 5) is 13.9. The van der Waals surface area contributed by atoms with Gasteiger partial charge in [0.2, 0.25) is 0 Å². The van der Waals surface area contributed by atoms with E-state index in [0.29, 0.717) is 0 Å². The molecule has 0 saturated heterocycles. The number of carbonyl (C=O) groups excluding carboxylic acids is 1. The third kappa shape index (κ3) is 4.16. The Morgan fingerprint density at radius 3 is 2.28 bits per heavy atom. The Morgan fingerprint density at radius 1 is 1.28 bits per heavy atom. The van der Waals surface area contributed by atoms with Crippen LogP contribution in [0.5, 0.6) is 0 Å². The van der Waals surface area contributed by atoms with Gasteiger partial charge in [-0.2, -0.15) is 0 Å². The van der Waals surface area contributed by atoms with E-state index in [1.54, 1.807) is 4.90 Å². The van der Waals surface area contributed by atoms with Crippen LogP contribution in [0, 0.1) is 0 Å². The van der Waals surface area contributed by atoms with Gasteiger partial charge in [0.15, 0.2) is 0 Å². The molecule has 18 heavy (non-hydrogen) atoms. The van der Waals surface area contributed by atoms with E-state index in [0.717, 1.165) is 25.7 Å². The standard InChI is InChI=1S/C14H27NO3/c1-10(2)15(13(17)18-14(3,4)5)11-8-6-7-9-12(11)16/h10-12,16H,6-9H2,1-5H3/t11-,12-/m1/s1. The fourth-order valence-corrected chi connectivity index (χ4v) is 2.46. The average Bonchev–Trinajstić information content (AvgIpc) is 2.17. The molecule has 0 aromatic heterocycles. The molecule has 0 bridgehead atoms. The molecule has 4 nitrogen and oxygen atoms in total. The van der Waals surface area contributed by atoms with Gasteiger partial charge in [-0.3, -0.25) is 0 Å². The van der Waals surface area contributed by atoms with Crippen molar-refractivity contribution in [2.24, 2.45) is 0 Å². The second-order valence-corrected chi connectivity index (χ2v) is 6.40. The van der Waals surface area contributed by atoms with Crippen LogP contribution in [0.1, 0.15) is 60.3 Å². The molecular formula is C14H27NO3. The van der Waals surface area contributed by atoms with Crippen molar-refractivity contribution in [3.63, 3.8) is 0 Å². The summed E-state index contributed by atoms with van der Waals surface area (Å²) in [6, 6.07) is -0.0637. The quantitative estimate of drug-likeness (QED) is 0.827. The molecule has 1 saturated carbocycles. The van der Waals surface area contributed by atoms with Crippen LogP contribution >= 0.6 is 0 Å². The molecule has 4 heteroatoms. The minimum absolute atomic E-state index is 0.0394. The summed E-state index contributed by atoms with van der Waals surface area (Å²) >= 11 is 0. The van der Waals surface area contributed by atoms with E-state index in [2.05, 4.69) is 0 Å². The Hall–Kier alpha value is -0.770. The van der Waals surface area contributed by atoms with E-state index in [-0.39, 0.29) is 18.2 Å². The summed E-state index contributed by atoms with van der Waals surface area (Å²) in [6.07, 6.45) is 3.00. The Morgan fingerprint density at radius 2 is 1.83 bits per heavy atom. The van der Waals surface area contributed by atoms with Crippen LogP contribution < -0.4 is 0 Å². The molecule has 1 N–H and O–H groups in total. The Kier molecular flexibility index (Phi) is 5.02. The average molecular weight is 257 g/mol. The number of nitrogens with zero attached hydrogens (tertiary/aromatic N) is 1. The summed E-state index contributed by atoms with van der Waals surface area (Å²) in [5.74, 6) is 0. The minimum atomic E-state index is -0.496. The molecule has 2 atom stereocenters. The van der Waals surface area contributed by atoms with Gasteiger partial charge in [0.05, 0.1) is 12.1 Å². The molecule has 0 spiro atoms. The largest absolute Gasteiger partial charge is 0.444 e. The Balaban J connectivity index is 2.78. The van der Waals surface area contributed by atoms with E-state index in [4.69, 9.17) is 4.74 Å². The van der Waals surface area contributed by atoms with Crippen LogP contribution in [0.15, 0.2) is 0 Å². The van der Waals surface area contributed by atoms with Crippen LogP contribution in [0.4, 0.5) is 4.79 Å². The first-order valence-corrected chi connectivity index (χ1v) is 6.92. The van der Waals surface area contributed by atoms with Crippen molar-refractivity contribution >= 4 is 6.09 Å². The van der Waals surface area contributed by atoms with Crippen LogP contribution in [0.25, 0.3) is 0 Å². The van der Waals surface area contributed by atoms with Gasteiger partial charge in [-0.05, 0) is 47.5 Å². The van der Waals surface area contributed by atoms with Gasteiger partial charge in [0.25, 0.3) is 0 Å². The van der Waals surface area contributed by atoms with Gasteiger partial charge >= 0.3 is 6.09 Å². The molecule has 1 aliphatic rings. The molecule has 1 amide bonds. The summed E-state index contributed by atoms with van der Waals surface area (Å²) in [5, 5.41) is 10.1. The first kappa shape index (κ1) is 15.3.